The molecule has 25 heavy (non-hydrogen) atoms. The summed E-state index contributed by atoms with van der Waals surface area (Å²) in [6.45, 7) is 4.34. The van der Waals surface area contributed by atoms with Crippen molar-refractivity contribution >= 4 is 5.97 Å². The molecule has 2 heterocycles. The quantitative estimate of drug-likeness (QED) is 0.770. The molecule has 1 saturated carbocycles. The number of rotatable bonds is 5. The second kappa shape index (κ2) is 7.97. The SMILES string of the molecule is CCOC(=O)C[C@@H]1CCN(C2CCC(C#N)(c3ccccn3)CC2)C1. The minimum atomic E-state index is -0.429. The van der Waals surface area contributed by atoms with Gasteiger partial charge in [-0.15, -0.1) is 0 Å². The molecule has 134 valence electrons. The van der Waals surface area contributed by atoms with Crippen molar-refractivity contribution in [1.29, 1.82) is 5.26 Å². The fraction of sp³-hybridized carbons (Fsp3) is 0.650. The second-order valence-corrected chi connectivity index (χ2v) is 7.30. The summed E-state index contributed by atoms with van der Waals surface area (Å²) in [4.78, 5) is 18.6. The summed E-state index contributed by atoms with van der Waals surface area (Å²) >= 11 is 0. The van der Waals surface area contributed by atoms with E-state index in [2.05, 4.69) is 16.0 Å². The zero-order chi connectivity index (χ0) is 17.7. The molecule has 5 nitrogen and oxygen atoms in total. The first-order chi connectivity index (χ1) is 12.2. The van der Waals surface area contributed by atoms with Gasteiger partial charge >= 0.3 is 5.97 Å². The molecule has 0 radical (unpaired) electrons. The summed E-state index contributed by atoms with van der Waals surface area (Å²) in [7, 11) is 0. The van der Waals surface area contributed by atoms with E-state index in [0.717, 1.165) is 50.9 Å². The molecule has 1 aromatic rings. The Morgan fingerprint density at radius 2 is 2.20 bits per heavy atom. The van der Waals surface area contributed by atoms with E-state index in [4.69, 9.17) is 4.74 Å². The first kappa shape index (κ1) is 17.9. The number of nitrogens with zero attached hydrogens (tertiary/aromatic N) is 3. The average Bonchev–Trinajstić information content (AvgIpc) is 3.11. The van der Waals surface area contributed by atoms with E-state index in [1.807, 2.05) is 25.1 Å². The predicted molar refractivity (Wildman–Crippen MR) is 94.7 cm³/mol. The lowest BCUT2D eigenvalue weighted by Gasteiger charge is -2.38. The van der Waals surface area contributed by atoms with Crippen LogP contribution >= 0.6 is 0 Å². The Labute approximate surface area is 150 Å². The molecule has 1 aliphatic carbocycles. The number of carbonyl (C=O) groups is 1. The van der Waals surface area contributed by atoms with Gasteiger partial charge in [-0.1, -0.05) is 6.07 Å². The summed E-state index contributed by atoms with van der Waals surface area (Å²) < 4.78 is 5.07. The van der Waals surface area contributed by atoms with E-state index < -0.39 is 5.41 Å². The van der Waals surface area contributed by atoms with Gasteiger partial charge in [0.25, 0.3) is 0 Å². The molecule has 0 spiro atoms. The maximum atomic E-state index is 11.7. The summed E-state index contributed by atoms with van der Waals surface area (Å²) in [5.41, 5.74) is 0.486. The number of carbonyl (C=O) groups excluding carboxylic acids is 1. The highest BCUT2D eigenvalue weighted by Crippen LogP contribution is 2.40. The zero-order valence-corrected chi connectivity index (χ0v) is 15.0. The van der Waals surface area contributed by atoms with Crippen molar-refractivity contribution in [2.24, 2.45) is 5.92 Å². The number of esters is 1. The first-order valence-corrected chi connectivity index (χ1v) is 9.39. The molecule has 1 saturated heterocycles. The van der Waals surface area contributed by atoms with Crippen molar-refractivity contribution in [2.45, 2.75) is 56.9 Å². The Kier molecular flexibility index (Phi) is 5.70. The van der Waals surface area contributed by atoms with Crippen molar-refractivity contribution in [2.75, 3.05) is 19.7 Å². The highest BCUT2D eigenvalue weighted by Gasteiger charge is 2.41. The van der Waals surface area contributed by atoms with Crippen LogP contribution < -0.4 is 0 Å². The van der Waals surface area contributed by atoms with E-state index in [1.54, 1.807) is 6.20 Å². The van der Waals surface area contributed by atoms with Gasteiger partial charge in [0.05, 0.1) is 23.8 Å². The molecule has 2 fully saturated rings. The number of hydrogen-bond donors (Lipinski definition) is 0. The van der Waals surface area contributed by atoms with E-state index in [-0.39, 0.29) is 5.97 Å². The minimum Gasteiger partial charge on any atom is -0.466 e. The van der Waals surface area contributed by atoms with Crippen molar-refractivity contribution in [3.8, 4) is 6.07 Å². The number of ether oxygens (including phenoxy) is 1. The molecule has 5 heteroatoms. The Bertz CT molecular complexity index is 618. The summed E-state index contributed by atoms with van der Waals surface area (Å²) in [5, 5.41) is 9.78. The fourth-order valence-corrected chi connectivity index (χ4v) is 4.35. The minimum absolute atomic E-state index is 0.0726. The van der Waals surface area contributed by atoms with Crippen LogP contribution in [0.5, 0.6) is 0 Å². The molecular weight excluding hydrogens is 314 g/mol. The van der Waals surface area contributed by atoms with Gasteiger partial charge < -0.3 is 9.64 Å². The molecule has 0 aromatic carbocycles. The first-order valence-electron chi connectivity index (χ1n) is 9.39. The lowest BCUT2D eigenvalue weighted by Crippen LogP contribution is -2.41. The molecular formula is C20H27N3O2. The number of hydrogen-bond acceptors (Lipinski definition) is 5. The van der Waals surface area contributed by atoms with Crippen molar-refractivity contribution in [3.63, 3.8) is 0 Å². The third kappa shape index (κ3) is 4.01. The number of likely N-dealkylation sites (tertiary alicyclic amines) is 1. The van der Waals surface area contributed by atoms with Gasteiger partial charge in [-0.05, 0) is 63.6 Å². The Hall–Kier alpha value is -1.93. The van der Waals surface area contributed by atoms with Gasteiger partial charge in [0.2, 0.25) is 0 Å². The van der Waals surface area contributed by atoms with Crippen LogP contribution in [0.2, 0.25) is 0 Å². The van der Waals surface area contributed by atoms with Crippen molar-refractivity contribution < 1.29 is 9.53 Å². The van der Waals surface area contributed by atoms with E-state index in [0.29, 0.717) is 25.0 Å². The normalized spacial score (nSPS) is 29.9. The predicted octanol–water partition coefficient (Wildman–Crippen LogP) is 3.06. The fourth-order valence-electron chi connectivity index (χ4n) is 4.35. The molecule has 2 aliphatic rings. The van der Waals surface area contributed by atoms with Gasteiger partial charge in [0.15, 0.2) is 0 Å². The summed E-state index contributed by atoms with van der Waals surface area (Å²) in [6.07, 6.45) is 7.16. The third-order valence-electron chi connectivity index (χ3n) is 5.77. The van der Waals surface area contributed by atoms with Gasteiger partial charge in [0.1, 0.15) is 0 Å². The highest BCUT2D eigenvalue weighted by molar-refractivity contribution is 5.69. The van der Waals surface area contributed by atoms with Crippen LogP contribution in [0, 0.1) is 17.2 Å². The second-order valence-electron chi connectivity index (χ2n) is 7.30. The van der Waals surface area contributed by atoms with Gasteiger partial charge in [-0.2, -0.15) is 5.26 Å². The van der Waals surface area contributed by atoms with Crippen molar-refractivity contribution in [1.82, 2.24) is 9.88 Å². The molecule has 3 rings (SSSR count). The molecule has 0 bridgehead atoms. The molecule has 1 aromatic heterocycles. The van der Waals surface area contributed by atoms with Crippen LogP contribution in [0.25, 0.3) is 0 Å². The maximum Gasteiger partial charge on any atom is 0.306 e. The number of aromatic nitrogens is 1. The highest BCUT2D eigenvalue weighted by atomic mass is 16.5. The summed E-state index contributed by atoms with van der Waals surface area (Å²) in [6, 6.07) is 8.92. The maximum absolute atomic E-state index is 11.7. The smallest absolute Gasteiger partial charge is 0.306 e. The monoisotopic (exact) mass is 341 g/mol. The topological polar surface area (TPSA) is 66.2 Å². The molecule has 0 unspecified atom stereocenters. The standard InChI is InChI=1S/C20H27N3O2/c1-2-25-19(24)13-16-8-12-23(14-16)17-6-9-20(15-21,10-7-17)18-5-3-4-11-22-18/h3-5,11,16-17H,2,6-10,12-14H2,1H3/t16-,17?,20?/m0/s1. The van der Waals surface area contributed by atoms with E-state index in [9.17, 15) is 10.1 Å². The Morgan fingerprint density at radius 1 is 1.40 bits per heavy atom. The van der Waals surface area contributed by atoms with Crippen molar-refractivity contribution in [3.05, 3.63) is 30.1 Å². The van der Waals surface area contributed by atoms with Crippen LogP contribution in [-0.4, -0.2) is 41.6 Å². The molecule has 0 N–H and O–H groups in total. The molecule has 1 atom stereocenters. The Balaban J connectivity index is 1.54. The third-order valence-corrected chi connectivity index (χ3v) is 5.77. The van der Waals surface area contributed by atoms with E-state index in [1.165, 1.54) is 0 Å². The summed E-state index contributed by atoms with van der Waals surface area (Å²) in [5.74, 6) is 0.342. The largest absolute Gasteiger partial charge is 0.466 e. The van der Waals surface area contributed by atoms with Crippen LogP contribution in [0.4, 0.5) is 0 Å². The average molecular weight is 341 g/mol. The zero-order valence-electron chi connectivity index (χ0n) is 15.0. The Morgan fingerprint density at radius 3 is 2.84 bits per heavy atom. The molecule has 0 amide bonds. The van der Waals surface area contributed by atoms with E-state index >= 15 is 0 Å². The van der Waals surface area contributed by atoms with Crippen LogP contribution in [-0.2, 0) is 14.9 Å². The number of pyridine rings is 1. The lowest BCUT2D eigenvalue weighted by atomic mass is 9.71. The number of nitriles is 1. The van der Waals surface area contributed by atoms with Crippen LogP contribution in [0.15, 0.2) is 24.4 Å². The van der Waals surface area contributed by atoms with Crippen LogP contribution in [0.1, 0.15) is 51.1 Å². The molecule has 1 aliphatic heterocycles. The van der Waals surface area contributed by atoms with Gasteiger partial charge in [-0.3, -0.25) is 9.78 Å². The lowest BCUT2D eigenvalue weighted by molar-refractivity contribution is -0.144. The van der Waals surface area contributed by atoms with Gasteiger partial charge in [-0.25, -0.2) is 0 Å². The van der Waals surface area contributed by atoms with Crippen LogP contribution in [0.3, 0.4) is 0 Å². The van der Waals surface area contributed by atoms with Gasteiger partial charge in [0, 0.05) is 25.2 Å².